The van der Waals surface area contributed by atoms with E-state index in [2.05, 4.69) is 0 Å². The first-order valence-corrected chi connectivity index (χ1v) is 0. The van der Waals surface area contributed by atoms with Gasteiger partial charge in [-0.3, -0.25) is 0 Å². The van der Waals surface area contributed by atoms with Crippen molar-refractivity contribution < 1.29 is 678 Å². The van der Waals surface area contributed by atoms with Crippen molar-refractivity contribution in [2.24, 2.45) is 0 Å². The predicted molar refractivity (Wildman–Crippen MR) is 99.5 cm³/mol. The van der Waals surface area contributed by atoms with Crippen LogP contribution in [0, 0.1) is 0 Å². The Balaban J connectivity index is 0. The van der Waals surface area contributed by atoms with E-state index in [0.717, 1.165) is 0 Å². The van der Waals surface area contributed by atoms with Crippen LogP contribution in [0.25, 0.3) is 0 Å². The summed E-state index contributed by atoms with van der Waals surface area (Å²) in [6, 6.07) is 0. The summed E-state index contributed by atoms with van der Waals surface area (Å²) < 4.78 is 0. The maximum Gasteiger partial charge on any atom is 1.00 e. The van der Waals surface area contributed by atoms with Crippen molar-refractivity contribution in [3.63, 3.8) is 0 Å². The van der Waals surface area contributed by atoms with Gasteiger partial charge in [0.25, 0.3) is 0 Å². The normalized spacial score (nSPS) is 0. The Morgan fingerprint density at radius 3 is 0.0750 bits per heavy atom. The second-order valence-corrected chi connectivity index (χ2v) is 0. The predicted octanol–water partition coefficient (Wildman–Crippen LogP) is -70.0. The summed E-state index contributed by atoms with van der Waals surface area (Å²) >= 11 is 0. The Bertz CT molecular complexity index is 91.5. The van der Waals surface area contributed by atoms with Crippen LogP contribution >= 0.6 is 0 Å². The summed E-state index contributed by atoms with van der Waals surface area (Å²) in [5, 5.41) is 0. The van der Waals surface area contributed by atoms with Gasteiger partial charge in [-0.15, -0.1) is 0 Å². The van der Waals surface area contributed by atoms with E-state index in [1.165, 1.54) is 0 Å². The Morgan fingerprint density at radius 2 is 0.0750 bits per heavy atom. The molecule has 0 aliphatic heterocycles. The van der Waals surface area contributed by atoms with Gasteiger partial charge in [-0.2, -0.15) is 0 Å². The second-order valence-electron chi connectivity index (χ2n) is 0. The summed E-state index contributed by atoms with van der Waals surface area (Å²) in [6.45, 7) is 0. The molecule has 0 aromatic heterocycles. The molecular formula is H62Na18O22. The summed E-state index contributed by atoms with van der Waals surface area (Å²) in [7, 11) is 0. The molecule has 0 aromatic rings. The van der Waals surface area contributed by atoms with Crippen LogP contribution in [0.5, 0.6) is 0 Å². The van der Waals surface area contributed by atoms with Crippen LogP contribution in [-0.2, 0) is 0 Å². The molecule has 40 heavy (non-hydrogen) atoms. The summed E-state index contributed by atoms with van der Waals surface area (Å²) in [5.41, 5.74) is 0. The molecule has 0 atom stereocenters. The van der Waals surface area contributed by atoms with Crippen LogP contribution in [0.3, 0.4) is 0 Å². The third-order valence-electron chi connectivity index (χ3n) is 0. The van der Waals surface area contributed by atoms with E-state index >= 15 is 0 Å². The molecule has 0 amide bonds. The first kappa shape index (κ1) is 614. The molecule has 0 saturated heterocycles. The molecule has 0 aliphatic carbocycles. The number of rotatable bonds is 0. The molecule has 0 aliphatic rings. The third kappa shape index (κ3) is 551. The van der Waals surface area contributed by atoms with Crippen molar-refractivity contribution in [1.29, 1.82) is 0 Å². The Morgan fingerprint density at radius 1 is 0.0750 bits per heavy atom. The summed E-state index contributed by atoms with van der Waals surface area (Å²) in [6.07, 6.45) is 0. The van der Waals surface area contributed by atoms with Gasteiger partial charge in [0, 0.05) is 0 Å². The minimum atomic E-state index is 0. The van der Waals surface area contributed by atoms with E-state index in [1.54, 1.807) is 0 Å². The van der Waals surface area contributed by atoms with Gasteiger partial charge in [-0.1, -0.05) is 0 Å². The maximum absolute atomic E-state index is 0. The smallest absolute Gasteiger partial charge is 1.00 e. The van der Waals surface area contributed by atoms with Gasteiger partial charge in [0.15, 0.2) is 0 Å². The Hall–Kier alpha value is 17.1. The van der Waals surface area contributed by atoms with Crippen molar-refractivity contribution in [2.45, 2.75) is 0 Å². The number of hydrogen-bond donors (Lipinski definition) is 0. The summed E-state index contributed by atoms with van der Waals surface area (Å²) in [5.74, 6) is 0. The molecule has 0 spiro atoms. The fourth-order valence-corrected chi connectivity index (χ4v) is 0. The number of hydrogen-bond acceptors (Lipinski definition) is 0. The van der Waals surface area contributed by atoms with E-state index in [4.69, 9.17) is 0 Å². The average Bonchev–Trinajstić information content (AvgIpc) is 0. The molecule has 22 nitrogen and oxygen atoms in total. The van der Waals surface area contributed by atoms with Gasteiger partial charge in [0.05, 0.1) is 0 Å². The zero-order valence-electron chi connectivity index (χ0n) is 47.0. The minimum Gasteiger partial charge on any atom is -1.00 e. The quantitative estimate of drug-likeness (QED) is 0.205. The van der Waals surface area contributed by atoms with Gasteiger partial charge >= 0.3 is 532 Å². The van der Waals surface area contributed by atoms with Crippen LogP contribution in [0.2, 0.25) is 0 Å². The molecule has 40 heteroatoms. The van der Waals surface area contributed by atoms with Crippen molar-refractivity contribution in [3.05, 3.63) is 0 Å². The maximum atomic E-state index is 0. The zero-order chi connectivity index (χ0) is 0. The Kier molecular flexibility index (Phi) is 8930. The van der Waals surface area contributed by atoms with Gasteiger partial charge in [-0.05, 0) is 0 Å². The standard InChI is InChI=1S/18Na.22H2O.18H/h;;;;;;;;;;;;;;;;;;22*1H2;;;;;;;;;;;;;;;;;;/q18*+1;;;;;;;;;;;;;;;;;;;;;;;18*-1. The van der Waals surface area contributed by atoms with Crippen molar-refractivity contribution in [2.75, 3.05) is 0 Å². The van der Waals surface area contributed by atoms with Crippen LogP contribution < -0.4 is 532 Å². The molecule has 0 unspecified atom stereocenters. The van der Waals surface area contributed by atoms with Crippen LogP contribution in [-0.4, -0.2) is 120 Å². The second kappa shape index (κ2) is 582. The van der Waals surface area contributed by atoms with Gasteiger partial charge in [0.2, 0.25) is 0 Å². The summed E-state index contributed by atoms with van der Waals surface area (Å²) in [4.78, 5) is 0. The monoisotopic (exact) mass is 828 g/mol. The van der Waals surface area contributed by atoms with Crippen molar-refractivity contribution >= 4 is 0 Å². The first-order chi connectivity index (χ1) is 0. The van der Waals surface area contributed by atoms with Crippen molar-refractivity contribution in [1.82, 2.24) is 0 Å². The van der Waals surface area contributed by atoms with Crippen LogP contribution in [0.4, 0.5) is 0 Å². The largest absolute Gasteiger partial charge is 1.00 e. The van der Waals surface area contributed by atoms with Gasteiger partial charge < -0.3 is 146 Å². The third-order valence-corrected chi connectivity index (χ3v) is 0. The van der Waals surface area contributed by atoms with Gasteiger partial charge in [-0.25, -0.2) is 0 Å². The fraction of sp³-hybridized carbons (Fsp3) is 0. The molecule has 0 heterocycles. The molecule has 0 fully saturated rings. The van der Waals surface area contributed by atoms with E-state index in [0.29, 0.717) is 0 Å². The molecule has 0 radical (unpaired) electrons. The Labute approximate surface area is 660 Å². The molecule has 0 bridgehead atoms. The average molecular weight is 828 g/mol. The minimum absolute atomic E-state index is 0. The molecular weight excluding hydrogens is 766 g/mol. The van der Waals surface area contributed by atoms with E-state index in [1.807, 2.05) is 0 Å². The molecule has 44 N–H and O–H groups in total. The zero-order valence-corrected chi connectivity index (χ0v) is 65.0. The van der Waals surface area contributed by atoms with Crippen molar-refractivity contribution in [3.8, 4) is 0 Å². The SMILES string of the molecule is O.O.O.O.O.O.O.O.O.O.O.O.O.O.O.O.O.O.O.O.O.O.[H-].[H-].[H-].[H-].[H-].[H-].[H-].[H-].[H-].[H-].[H-].[H-].[H-].[H-].[H-].[H-].[H-].[H-].[Na+].[Na+].[Na+].[Na+].[Na+].[Na+].[Na+].[Na+].[Na+].[Na+].[Na+].[Na+].[Na+].[Na+].[Na+].[Na+].[Na+].[Na+]. The molecule has 0 saturated carbocycles. The molecule has 212 valence electrons. The topological polar surface area (TPSA) is 693 Å². The fourth-order valence-electron chi connectivity index (χ4n) is 0. The van der Waals surface area contributed by atoms with Crippen LogP contribution in [0.1, 0.15) is 25.7 Å². The molecule has 0 aromatic carbocycles. The first-order valence-electron chi connectivity index (χ1n) is 0. The van der Waals surface area contributed by atoms with Crippen LogP contribution in [0.15, 0.2) is 0 Å². The van der Waals surface area contributed by atoms with E-state index < -0.39 is 0 Å². The molecule has 0 rings (SSSR count). The van der Waals surface area contributed by atoms with Gasteiger partial charge in [0.1, 0.15) is 0 Å². The van der Waals surface area contributed by atoms with E-state index in [-0.39, 0.29) is 678 Å². The van der Waals surface area contributed by atoms with E-state index in [9.17, 15) is 0 Å².